The number of benzene rings is 1. The molecule has 0 amide bonds. The standard InChI is InChI=1S/C13H14N2O3S/c1-8(2)15-10-5-3-4-6-11(10)19(16,17)13-12(15)9(14)7-18-13/h3-8H,14H2,1-2H3. The van der Waals surface area contributed by atoms with Crippen LogP contribution in [-0.2, 0) is 9.84 Å². The fourth-order valence-electron chi connectivity index (χ4n) is 2.41. The van der Waals surface area contributed by atoms with E-state index in [0.717, 1.165) is 0 Å². The van der Waals surface area contributed by atoms with Gasteiger partial charge in [-0.3, -0.25) is 0 Å². The average molecular weight is 278 g/mol. The number of anilines is 3. The van der Waals surface area contributed by atoms with Gasteiger partial charge in [-0.2, -0.15) is 0 Å². The van der Waals surface area contributed by atoms with Crippen molar-refractivity contribution in [1.82, 2.24) is 0 Å². The predicted octanol–water partition coefficient (Wildman–Crippen LogP) is 2.55. The fourth-order valence-corrected chi connectivity index (χ4v) is 3.96. The number of rotatable bonds is 1. The zero-order valence-corrected chi connectivity index (χ0v) is 11.4. The molecule has 2 heterocycles. The van der Waals surface area contributed by atoms with Crippen LogP contribution in [0.4, 0.5) is 17.1 Å². The highest BCUT2D eigenvalue weighted by Crippen LogP contribution is 2.48. The number of sulfone groups is 1. The van der Waals surface area contributed by atoms with Crippen molar-refractivity contribution in [2.45, 2.75) is 29.9 Å². The summed E-state index contributed by atoms with van der Waals surface area (Å²) in [5.41, 5.74) is 7.28. The van der Waals surface area contributed by atoms with Gasteiger partial charge in [0.15, 0.2) is 0 Å². The van der Waals surface area contributed by atoms with Crippen molar-refractivity contribution in [3.8, 4) is 0 Å². The summed E-state index contributed by atoms with van der Waals surface area (Å²) in [6.07, 6.45) is 1.28. The van der Waals surface area contributed by atoms with Crippen LogP contribution in [0.3, 0.4) is 0 Å². The molecule has 3 rings (SSSR count). The number of fused-ring (bicyclic) bond motifs is 2. The van der Waals surface area contributed by atoms with Crippen molar-refractivity contribution < 1.29 is 12.8 Å². The Hall–Kier alpha value is -1.95. The minimum absolute atomic E-state index is 0.0651. The van der Waals surface area contributed by atoms with Gasteiger partial charge in [0.2, 0.25) is 14.9 Å². The maximum atomic E-state index is 12.5. The van der Waals surface area contributed by atoms with E-state index in [9.17, 15) is 8.42 Å². The minimum atomic E-state index is -3.64. The maximum absolute atomic E-state index is 12.5. The molecule has 2 N–H and O–H groups in total. The minimum Gasteiger partial charge on any atom is -0.448 e. The number of nitrogen functional groups attached to an aromatic ring is 1. The quantitative estimate of drug-likeness (QED) is 0.867. The van der Waals surface area contributed by atoms with E-state index in [0.29, 0.717) is 17.1 Å². The molecular formula is C13H14N2O3S. The zero-order valence-electron chi connectivity index (χ0n) is 10.6. The van der Waals surface area contributed by atoms with Crippen molar-refractivity contribution >= 4 is 26.9 Å². The Balaban J connectivity index is 2.42. The lowest BCUT2D eigenvalue weighted by Gasteiger charge is -2.33. The largest absolute Gasteiger partial charge is 0.448 e. The lowest BCUT2D eigenvalue weighted by Crippen LogP contribution is -2.31. The van der Waals surface area contributed by atoms with E-state index in [4.69, 9.17) is 10.2 Å². The van der Waals surface area contributed by atoms with Gasteiger partial charge in [-0.15, -0.1) is 0 Å². The van der Waals surface area contributed by atoms with Gasteiger partial charge in [0.25, 0.3) is 0 Å². The van der Waals surface area contributed by atoms with Gasteiger partial charge in [0, 0.05) is 6.04 Å². The van der Waals surface area contributed by atoms with E-state index >= 15 is 0 Å². The topological polar surface area (TPSA) is 76.5 Å². The number of nitrogens with zero attached hydrogens (tertiary/aromatic N) is 1. The molecule has 1 aromatic carbocycles. The Morgan fingerprint density at radius 1 is 1.26 bits per heavy atom. The van der Waals surface area contributed by atoms with Gasteiger partial charge in [-0.25, -0.2) is 8.42 Å². The van der Waals surface area contributed by atoms with E-state index in [-0.39, 0.29) is 16.0 Å². The summed E-state index contributed by atoms with van der Waals surface area (Å²) in [6, 6.07) is 6.94. The molecule has 1 aliphatic heterocycles. The lowest BCUT2D eigenvalue weighted by molar-refractivity contribution is 0.447. The number of para-hydroxylation sites is 1. The summed E-state index contributed by atoms with van der Waals surface area (Å²) in [5, 5.41) is -0.0719. The molecule has 2 aromatic rings. The molecule has 0 radical (unpaired) electrons. The first-order valence-corrected chi connectivity index (χ1v) is 7.43. The molecule has 0 atom stereocenters. The molecule has 0 bridgehead atoms. The average Bonchev–Trinajstić information content (AvgIpc) is 2.73. The highest BCUT2D eigenvalue weighted by Gasteiger charge is 2.39. The molecular weight excluding hydrogens is 264 g/mol. The Bertz CT molecular complexity index is 747. The van der Waals surface area contributed by atoms with Crippen LogP contribution in [0.5, 0.6) is 0 Å². The molecule has 0 unspecified atom stereocenters. The molecule has 1 aliphatic rings. The molecule has 0 fully saturated rings. The smallest absolute Gasteiger partial charge is 0.248 e. The van der Waals surface area contributed by atoms with E-state index in [1.54, 1.807) is 18.2 Å². The van der Waals surface area contributed by atoms with Crippen LogP contribution >= 0.6 is 0 Å². The molecule has 0 aliphatic carbocycles. The van der Waals surface area contributed by atoms with E-state index < -0.39 is 9.84 Å². The highest BCUT2D eigenvalue weighted by molar-refractivity contribution is 7.91. The summed E-state index contributed by atoms with van der Waals surface area (Å²) in [5.74, 6) is 0. The number of nitrogens with two attached hydrogens (primary N) is 1. The number of hydrogen-bond donors (Lipinski definition) is 1. The van der Waals surface area contributed by atoms with E-state index in [1.165, 1.54) is 6.26 Å². The van der Waals surface area contributed by atoms with Gasteiger partial charge in [0.05, 0.1) is 16.3 Å². The highest BCUT2D eigenvalue weighted by atomic mass is 32.2. The van der Waals surface area contributed by atoms with Crippen molar-refractivity contribution in [2.75, 3.05) is 10.6 Å². The second kappa shape index (κ2) is 3.77. The third-order valence-corrected chi connectivity index (χ3v) is 4.88. The number of hydrogen-bond acceptors (Lipinski definition) is 5. The Morgan fingerprint density at radius 3 is 2.63 bits per heavy atom. The van der Waals surface area contributed by atoms with E-state index in [1.807, 2.05) is 24.8 Å². The van der Waals surface area contributed by atoms with Crippen LogP contribution in [0, 0.1) is 0 Å². The predicted molar refractivity (Wildman–Crippen MR) is 72.3 cm³/mol. The van der Waals surface area contributed by atoms with Crippen molar-refractivity contribution in [1.29, 1.82) is 0 Å². The normalized spacial score (nSPS) is 16.3. The number of furan rings is 1. The Labute approximate surface area is 111 Å². The first kappa shape index (κ1) is 12.1. The van der Waals surface area contributed by atoms with E-state index in [2.05, 4.69) is 0 Å². The van der Waals surface area contributed by atoms with Crippen molar-refractivity contribution in [3.05, 3.63) is 30.5 Å². The third kappa shape index (κ3) is 1.49. The Morgan fingerprint density at radius 2 is 1.95 bits per heavy atom. The van der Waals surface area contributed by atoms with Crippen LogP contribution < -0.4 is 10.6 Å². The van der Waals surface area contributed by atoms with Crippen LogP contribution in [0.1, 0.15) is 13.8 Å². The van der Waals surface area contributed by atoms with Gasteiger partial charge < -0.3 is 15.1 Å². The second-order valence-electron chi connectivity index (χ2n) is 4.76. The van der Waals surface area contributed by atoms with Crippen molar-refractivity contribution in [2.24, 2.45) is 0 Å². The van der Waals surface area contributed by atoms with Gasteiger partial charge in [-0.05, 0) is 26.0 Å². The summed E-state index contributed by atoms with van der Waals surface area (Å²) in [6.45, 7) is 3.95. The molecule has 0 spiro atoms. The van der Waals surface area contributed by atoms with Crippen LogP contribution in [0.15, 0.2) is 44.9 Å². The molecule has 0 saturated heterocycles. The molecule has 100 valence electrons. The first-order chi connectivity index (χ1) is 8.94. The van der Waals surface area contributed by atoms with Crippen LogP contribution in [0.2, 0.25) is 0 Å². The summed E-state index contributed by atoms with van der Waals surface area (Å²) < 4.78 is 30.2. The van der Waals surface area contributed by atoms with Crippen LogP contribution in [0.25, 0.3) is 0 Å². The summed E-state index contributed by atoms with van der Waals surface area (Å²) >= 11 is 0. The van der Waals surface area contributed by atoms with Gasteiger partial charge >= 0.3 is 0 Å². The Kier molecular flexibility index (Phi) is 2.40. The SMILES string of the molecule is CC(C)N1c2ccccc2S(=O)(=O)c2occ(N)c21. The maximum Gasteiger partial charge on any atom is 0.248 e. The summed E-state index contributed by atoms with van der Waals surface area (Å²) in [4.78, 5) is 2.15. The molecule has 1 aromatic heterocycles. The van der Waals surface area contributed by atoms with Gasteiger partial charge in [0.1, 0.15) is 12.0 Å². The molecule has 6 heteroatoms. The monoisotopic (exact) mass is 278 g/mol. The van der Waals surface area contributed by atoms with Crippen LogP contribution in [-0.4, -0.2) is 14.5 Å². The fraction of sp³-hybridized carbons (Fsp3) is 0.231. The summed E-state index contributed by atoms with van der Waals surface area (Å²) in [7, 11) is -3.64. The molecule has 0 saturated carbocycles. The van der Waals surface area contributed by atoms with Crippen molar-refractivity contribution in [3.63, 3.8) is 0 Å². The third-order valence-electron chi connectivity index (χ3n) is 3.18. The zero-order chi connectivity index (χ0) is 13.8. The lowest BCUT2D eigenvalue weighted by atomic mass is 10.2. The molecule has 19 heavy (non-hydrogen) atoms. The second-order valence-corrected chi connectivity index (χ2v) is 6.58. The van der Waals surface area contributed by atoms with Gasteiger partial charge in [-0.1, -0.05) is 12.1 Å². The first-order valence-electron chi connectivity index (χ1n) is 5.95. The molecule has 5 nitrogen and oxygen atoms in total.